The van der Waals surface area contributed by atoms with Crippen LogP contribution in [0.1, 0.15) is 24.1 Å². The molecule has 0 saturated heterocycles. The van der Waals surface area contributed by atoms with Crippen LogP contribution in [0.25, 0.3) is 0 Å². The van der Waals surface area contributed by atoms with Crippen LogP contribution in [-0.4, -0.2) is 23.1 Å². The second-order valence-corrected chi connectivity index (χ2v) is 6.27. The van der Waals surface area contributed by atoms with E-state index in [-0.39, 0.29) is 0 Å². The Bertz CT molecular complexity index is 569. The van der Waals surface area contributed by atoms with Gasteiger partial charge < -0.3 is 10.2 Å². The zero-order chi connectivity index (χ0) is 13.9. The van der Waals surface area contributed by atoms with Crippen LogP contribution in [0.5, 0.6) is 0 Å². The number of hydrogen-bond donors (Lipinski definition) is 1. The lowest BCUT2D eigenvalue weighted by Crippen LogP contribution is -2.19. The van der Waals surface area contributed by atoms with Crippen LogP contribution in [0.15, 0.2) is 23.2 Å². The van der Waals surface area contributed by atoms with E-state index in [0.717, 1.165) is 30.2 Å². The van der Waals surface area contributed by atoms with Crippen LogP contribution in [0, 0.1) is 0 Å². The Labute approximate surface area is 127 Å². The summed E-state index contributed by atoms with van der Waals surface area (Å²) in [5.74, 6) is 0.801. The first kappa shape index (κ1) is 13.8. The first-order valence-electron chi connectivity index (χ1n) is 6.68. The Kier molecular flexibility index (Phi) is 4.19. The van der Waals surface area contributed by atoms with Crippen molar-refractivity contribution in [2.75, 3.05) is 11.9 Å². The van der Waals surface area contributed by atoms with Crippen LogP contribution in [0.4, 0.5) is 5.82 Å². The van der Waals surface area contributed by atoms with Gasteiger partial charge in [0.2, 0.25) is 0 Å². The monoisotopic (exact) mass is 308 g/mol. The fraction of sp³-hybridized carbons (Fsp3) is 0.429. The molecule has 0 unspecified atom stereocenters. The molecule has 0 radical (unpaired) electrons. The van der Waals surface area contributed by atoms with Crippen LogP contribution >= 0.6 is 22.9 Å². The number of aromatic nitrogens is 2. The summed E-state index contributed by atoms with van der Waals surface area (Å²) in [7, 11) is 1.98. The lowest BCUT2D eigenvalue weighted by molar-refractivity contribution is 0.685. The van der Waals surface area contributed by atoms with Gasteiger partial charge in [0.15, 0.2) is 0 Å². The Hall–Kier alpha value is -1.17. The second-order valence-electron chi connectivity index (χ2n) is 5.14. The summed E-state index contributed by atoms with van der Waals surface area (Å²) < 4.78 is 0. The lowest BCUT2D eigenvalue weighted by atomic mass is 10.2. The molecule has 2 aromatic heterocycles. The molecule has 0 aromatic carbocycles. The van der Waals surface area contributed by atoms with Crippen molar-refractivity contribution in [1.29, 1.82) is 0 Å². The smallest absolute Gasteiger partial charge is 0.147 e. The normalized spacial score (nSPS) is 14.5. The molecular formula is C14H17ClN4S. The quantitative estimate of drug-likeness (QED) is 0.890. The Morgan fingerprint density at radius 3 is 2.95 bits per heavy atom. The highest BCUT2D eigenvalue weighted by molar-refractivity contribution is 7.07. The topological polar surface area (TPSA) is 41.1 Å². The summed E-state index contributed by atoms with van der Waals surface area (Å²) in [6, 6.07) is 2.69. The molecule has 0 atom stereocenters. The summed E-state index contributed by atoms with van der Waals surface area (Å²) >= 11 is 7.94. The zero-order valence-corrected chi connectivity index (χ0v) is 12.9. The molecule has 4 nitrogen and oxygen atoms in total. The molecule has 0 amide bonds. The largest absolute Gasteiger partial charge is 0.353 e. The van der Waals surface area contributed by atoms with Gasteiger partial charge in [-0.05, 0) is 24.5 Å². The van der Waals surface area contributed by atoms with Crippen molar-refractivity contribution in [3.05, 3.63) is 39.4 Å². The molecule has 1 aliphatic carbocycles. The summed E-state index contributed by atoms with van der Waals surface area (Å²) in [5.41, 5.74) is 4.01. The molecule has 1 saturated carbocycles. The third-order valence-electron chi connectivity index (χ3n) is 3.29. The number of halogens is 1. The third-order valence-corrected chi connectivity index (χ3v) is 4.21. The van der Waals surface area contributed by atoms with E-state index in [1.54, 1.807) is 11.3 Å². The molecule has 106 valence electrons. The minimum atomic E-state index is 0.692. The van der Waals surface area contributed by atoms with Crippen LogP contribution in [0.2, 0.25) is 5.02 Å². The number of thiazole rings is 1. The van der Waals surface area contributed by atoms with Gasteiger partial charge in [-0.3, -0.25) is 0 Å². The van der Waals surface area contributed by atoms with E-state index in [0.29, 0.717) is 11.1 Å². The van der Waals surface area contributed by atoms with Crippen molar-refractivity contribution in [3.63, 3.8) is 0 Å². The maximum Gasteiger partial charge on any atom is 0.147 e. The van der Waals surface area contributed by atoms with Gasteiger partial charge in [-0.25, -0.2) is 9.97 Å². The van der Waals surface area contributed by atoms with Crippen LogP contribution in [0.3, 0.4) is 0 Å². The van der Waals surface area contributed by atoms with E-state index in [9.17, 15) is 0 Å². The van der Waals surface area contributed by atoms with Crippen molar-refractivity contribution in [2.45, 2.75) is 32.0 Å². The van der Waals surface area contributed by atoms with Gasteiger partial charge in [0, 0.05) is 31.2 Å². The summed E-state index contributed by atoms with van der Waals surface area (Å²) in [6.07, 6.45) is 4.47. The van der Waals surface area contributed by atoms with Gasteiger partial charge >= 0.3 is 0 Å². The molecule has 6 heteroatoms. The van der Waals surface area contributed by atoms with E-state index in [2.05, 4.69) is 15.3 Å². The van der Waals surface area contributed by atoms with Crippen LogP contribution in [-0.2, 0) is 13.1 Å². The van der Waals surface area contributed by atoms with Crippen molar-refractivity contribution in [3.8, 4) is 0 Å². The third kappa shape index (κ3) is 3.48. The maximum absolute atomic E-state index is 6.35. The van der Waals surface area contributed by atoms with E-state index in [1.807, 2.05) is 35.1 Å². The van der Waals surface area contributed by atoms with Gasteiger partial charge in [-0.15, -0.1) is 11.3 Å². The molecule has 0 aliphatic heterocycles. The first-order chi connectivity index (χ1) is 9.72. The van der Waals surface area contributed by atoms with Crippen molar-refractivity contribution in [1.82, 2.24) is 15.3 Å². The zero-order valence-electron chi connectivity index (χ0n) is 11.3. The van der Waals surface area contributed by atoms with Crippen molar-refractivity contribution in [2.24, 2.45) is 0 Å². The van der Waals surface area contributed by atoms with E-state index < -0.39 is 0 Å². The summed E-state index contributed by atoms with van der Waals surface area (Å²) in [5, 5.41) is 6.20. The highest BCUT2D eigenvalue weighted by Crippen LogP contribution is 2.25. The molecule has 0 spiro atoms. The highest BCUT2D eigenvalue weighted by Gasteiger charge is 2.20. The number of hydrogen-bond acceptors (Lipinski definition) is 5. The molecule has 1 fully saturated rings. The van der Waals surface area contributed by atoms with Crippen LogP contribution < -0.4 is 10.2 Å². The Morgan fingerprint density at radius 2 is 2.30 bits per heavy atom. The molecule has 20 heavy (non-hydrogen) atoms. The van der Waals surface area contributed by atoms with Gasteiger partial charge in [0.05, 0.1) is 22.8 Å². The van der Waals surface area contributed by atoms with Crippen molar-refractivity contribution < 1.29 is 0 Å². The molecule has 0 bridgehead atoms. The number of nitrogens with zero attached hydrogens (tertiary/aromatic N) is 3. The van der Waals surface area contributed by atoms with E-state index >= 15 is 0 Å². The molecule has 3 rings (SSSR count). The molecular weight excluding hydrogens is 292 g/mol. The predicted molar refractivity (Wildman–Crippen MR) is 83.3 cm³/mol. The molecule has 2 aromatic rings. The highest BCUT2D eigenvalue weighted by atomic mass is 35.5. The summed E-state index contributed by atoms with van der Waals surface area (Å²) in [6.45, 7) is 1.56. The Balaban J connectivity index is 1.66. The fourth-order valence-corrected chi connectivity index (χ4v) is 2.91. The molecule has 1 N–H and O–H groups in total. The minimum absolute atomic E-state index is 0.692. The van der Waals surface area contributed by atoms with Gasteiger partial charge in [-0.1, -0.05) is 11.6 Å². The minimum Gasteiger partial charge on any atom is -0.353 e. The SMILES string of the molecule is CN(Cc1cscn1)c1ncc(CNC2CC2)cc1Cl. The number of rotatable bonds is 6. The first-order valence-corrected chi connectivity index (χ1v) is 8.00. The van der Waals surface area contributed by atoms with E-state index in [4.69, 9.17) is 11.6 Å². The lowest BCUT2D eigenvalue weighted by Gasteiger charge is -2.18. The predicted octanol–water partition coefficient (Wildman–Crippen LogP) is 3.08. The van der Waals surface area contributed by atoms with Gasteiger partial charge in [-0.2, -0.15) is 0 Å². The molecule has 1 aliphatic rings. The standard InChI is InChI=1S/C14H17ClN4S/c1-19(7-12-8-20-9-18-12)14-13(15)4-10(6-17-14)5-16-11-2-3-11/h4,6,8-9,11,16H,2-3,5,7H2,1H3. The summed E-state index contributed by atoms with van der Waals surface area (Å²) in [4.78, 5) is 10.8. The number of nitrogens with one attached hydrogen (secondary N) is 1. The van der Waals surface area contributed by atoms with Gasteiger partial charge in [0.1, 0.15) is 5.82 Å². The maximum atomic E-state index is 6.35. The average Bonchev–Trinajstić information content (AvgIpc) is 3.13. The number of pyridine rings is 1. The van der Waals surface area contributed by atoms with Gasteiger partial charge in [0.25, 0.3) is 0 Å². The second kappa shape index (κ2) is 6.08. The average molecular weight is 309 g/mol. The molecule has 2 heterocycles. The fourth-order valence-electron chi connectivity index (χ4n) is 2.03. The van der Waals surface area contributed by atoms with E-state index in [1.165, 1.54) is 12.8 Å². The Morgan fingerprint density at radius 1 is 1.45 bits per heavy atom. The number of anilines is 1. The van der Waals surface area contributed by atoms with Crippen molar-refractivity contribution >= 4 is 28.8 Å².